The van der Waals surface area contributed by atoms with Gasteiger partial charge in [-0.15, -0.1) is 0 Å². The average Bonchev–Trinajstić information content (AvgIpc) is 2.97. The molecule has 0 radical (unpaired) electrons. The van der Waals surface area contributed by atoms with Crippen LogP contribution in [-0.4, -0.2) is 73.3 Å². The molecule has 206 valence electrons. The molecule has 1 saturated heterocycles. The first kappa shape index (κ1) is 28.3. The molecule has 0 aliphatic carbocycles. The zero-order chi connectivity index (χ0) is 27.9. The Morgan fingerprint density at radius 2 is 1.54 bits per heavy atom. The molecule has 4 rings (SSSR count). The van der Waals surface area contributed by atoms with Crippen molar-refractivity contribution in [2.45, 2.75) is 50.7 Å². The highest BCUT2D eigenvalue weighted by molar-refractivity contribution is 5.93. The van der Waals surface area contributed by atoms with Crippen LogP contribution in [0.5, 0.6) is 0 Å². The van der Waals surface area contributed by atoms with E-state index in [4.69, 9.17) is 0 Å². The number of nitrogens with zero attached hydrogens (tertiary/aromatic N) is 2. The summed E-state index contributed by atoms with van der Waals surface area (Å²) in [6, 6.07) is 22.7. The molecule has 2 unspecified atom stereocenters. The molecular formula is C32H40N4O3. The summed E-state index contributed by atoms with van der Waals surface area (Å²) in [6.07, 6.45) is 2.23. The first-order valence-electron chi connectivity index (χ1n) is 13.8. The van der Waals surface area contributed by atoms with Crippen LogP contribution in [0.25, 0.3) is 10.8 Å². The van der Waals surface area contributed by atoms with Gasteiger partial charge in [0, 0.05) is 45.9 Å². The van der Waals surface area contributed by atoms with E-state index in [0.717, 1.165) is 41.3 Å². The number of benzene rings is 3. The van der Waals surface area contributed by atoms with Gasteiger partial charge in [-0.05, 0) is 48.2 Å². The van der Waals surface area contributed by atoms with E-state index < -0.39 is 12.1 Å². The predicted octanol–water partition coefficient (Wildman–Crippen LogP) is 3.41. The number of carbonyl (C=O) groups is 3. The molecule has 4 atom stereocenters. The second-order valence-corrected chi connectivity index (χ2v) is 10.7. The average molecular weight is 529 g/mol. The molecule has 1 fully saturated rings. The normalized spacial score (nSPS) is 18.7. The second-order valence-electron chi connectivity index (χ2n) is 10.7. The third-order valence-corrected chi connectivity index (χ3v) is 7.95. The van der Waals surface area contributed by atoms with Crippen molar-refractivity contribution in [3.63, 3.8) is 0 Å². The van der Waals surface area contributed by atoms with Gasteiger partial charge in [-0.1, -0.05) is 72.8 Å². The fourth-order valence-electron chi connectivity index (χ4n) is 5.57. The van der Waals surface area contributed by atoms with E-state index in [0.29, 0.717) is 12.8 Å². The van der Waals surface area contributed by atoms with Crippen LogP contribution in [0.1, 0.15) is 30.9 Å². The number of fused-ring (bicyclic) bond motifs is 1. The number of hydrogen-bond acceptors (Lipinski definition) is 4. The minimum atomic E-state index is -0.739. The Kier molecular flexibility index (Phi) is 9.36. The second kappa shape index (κ2) is 12.9. The maximum absolute atomic E-state index is 14.2. The fourth-order valence-corrected chi connectivity index (χ4v) is 5.57. The number of likely N-dealkylation sites (N-methyl/N-ethyl adjacent to an activating group) is 3. The van der Waals surface area contributed by atoms with Crippen LogP contribution in [0, 0.1) is 5.92 Å². The maximum Gasteiger partial charge on any atom is 0.246 e. The van der Waals surface area contributed by atoms with Gasteiger partial charge in [-0.2, -0.15) is 0 Å². The molecule has 1 aliphatic rings. The zero-order valence-electron chi connectivity index (χ0n) is 23.4. The molecule has 0 spiro atoms. The minimum Gasteiger partial charge on any atom is -0.357 e. The topological polar surface area (TPSA) is 81.8 Å². The molecule has 0 aromatic heterocycles. The monoisotopic (exact) mass is 528 g/mol. The Morgan fingerprint density at radius 1 is 0.872 bits per heavy atom. The van der Waals surface area contributed by atoms with Gasteiger partial charge in [0.05, 0.1) is 0 Å². The molecule has 2 N–H and O–H groups in total. The van der Waals surface area contributed by atoms with E-state index in [9.17, 15) is 14.4 Å². The van der Waals surface area contributed by atoms with Crippen molar-refractivity contribution in [2.24, 2.45) is 5.92 Å². The van der Waals surface area contributed by atoms with Crippen LogP contribution in [0.4, 0.5) is 0 Å². The van der Waals surface area contributed by atoms with Crippen molar-refractivity contribution in [3.05, 3.63) is 83.9 Å². The van der Waals surface area contributed by atoms with Gasteiger partial charge in [0.1, 0.15) is 12.1 Å². The molecule has 0 bridgehead atoms. The first-order valence-corrected chi connectivity index (χ1v) is 13.8. The van der Waals surface area contributed by atoms with Crippen LogP contribution in [0.2, 0.25) is 0 Å². The molecule has 3 aromatic rings. The summed E-state index contributed by atoms with van der Waals surface area (Å²) in [7, 11) is 4.99. The standard InChI is InChI=1S/C32H40N4O3/c1-22-18-27(16-17-34-22)31(38)36(4)29(21-24-14-15-25-12-8-9-13-26(25)19-24)32(39)35(3)28(30(37)33-2)20-23-10-6-5-7-11-23/h5-15,19,22,27-29,34H,16-18,20-21H2,1-4H3,(H,33,37)/t22?,27?,28-,29-/m1/s1. The molecule has 7 heteroatoms. The molecule has 0 saturated carbocycles. The zero-order valence-corrected chi connectivity index (χ0v) is 23.4. The molecule has 3 aromatic carbocycles. The van der Waals surface area contributed by atoms with E-state index in [1.54, 1.807) is 26.0 Å². The molecule has 1 heterocycles. The van der Waals surface area contributed by atoms with Gasteiger partial charge < -0.3 is 20.4 Å². The van der Waals surface area contributed by atoms with Crippen LogP contribution >= 0.6 is 0 Å². The van der Waals surface area contributed by atoms with Crippen molar-refractivity contribution < 1.29 is 14.4 Å². The lowest BCUT2D eigenvalue weighted by Gasteiger charge is -2.37. The van der Waals surface area contributed by atoms with E-state index in [1.165, 1.54) is 4.90 Å². The summed E-state index contributed by atoms with van der Waals surface area (Å²) in [4.78, 5) is 44.0. The Labute approximate surface area is 231 Å². The number of hydrogen-bond donors (Lipinski definition) is 2. The van der Waals surface area contributed by atoms with Crippen LogP contribution in [0.3, 0.4) is 0 Å². The maximum atomic E-state index is 14.2. The van der Waals surface area contributed by atoms with Crippen LogP contribution in [0.15, 0.2) is 72.8 Å². The summed E-state index contributed by atoms with van der Waals surface area (Å²) >= 11 is 0. The van der Waals surface area contributed by atoms with Crippen molar-refractivity contribution in [1.29, 1.82) is 0 Å². The highest BCUT2D eigenvalue weighted by Gasteiger charge is 2.37. The third kappa shape index (κ3) is 6.84. The van der Waals surface area contributed by atoms with E-state index >= 15 is 0 Å². The van der Waals surface area contributed by atoms with Crippen molar-refractivity contribution in [1.82, 2.24) is 20.4 Å². The van der Waals surface area contributed by atoms with Gasteiger partial charge in [0.25, 0.3) is 0 Å². The molecule has 39 heavy (non-hydrogen) atoms. The lowest BCUT2D eigenvalue weighted by atomic mass is 9.91. The van der Waals surface area contributed by atoms with Gasteiger partial charge in [0.15, 0.2) is 0 Å². The lowest BCUT2D eigenvalue weighted by Crippen LogP contribution is -2.56. The van der Waals surface area contributed by atoms with E-state index in [1.807, 2.05) is 48.5 Å². The van der Waals surface area contributed by atoms with Gasteiger partial charge in [-0.3, -0.25) is 14.4 Å². The van der Waals surface area contributed by atoms with E-state index in [-0.39, 0.29) is 29.7 Å². The molecular weight excluding hydrogens is 488 g/mol. The summed E-state index contributed by atoms with van der Waals surface area (Å²) in [5.41, 5.74) is 1.93. The molecule has 7 nitrogen and oxygen atoms in total. The fraction of sp³-hybridized carbons (Fsp3) is 0.406. The Hall–Kier alpha value is -3.71. The molecule has 1 aliphatic heterocycles. The van der Waals surface area contributed by atoms with Crippen molar-refractivity contribution in [3.8, 4) is 0 Å². The summed E-state index contributed by atoms with van der Waals surface area (Å²) in [5, 5.41) is 8.33. The largest absolute Gasteiger partial charge is 0.357 e. The number of rotatable bonds is 9. The Balaban J connectivity index is 1.64. The highest BCUT2D eigenvalue weighted by atomic mass is 16.2. The quantitative estimate of drug-likeness (QED) is 0.446. The Bertz CT molecular complexity index is 1290. The molecule has 3 amide bonds. The number of nitrogens with one attached hydrogen (secondary N) is 2. The third-order valence-electron chi connectivity index (χ3n) is 7.95. The Morgan fingerprint density at radius 3 is 2.23 bits per heavy atom. The van der Waals surface area contributed by atoms with Gasteiger partial charge in [0.2, 0.25) is 17.7 Å². The van der Waals surface area contributed by atoms with Crippen molar-refractivity contribution >= 4 is 28.5 Å². The first-order chi connectivity index (χ1) is 18.8. The summed E-state index contributed by atoms with van der Waals surface area (Å²) in [5.74, 6) is -0.635. The summed E-state index contributed by atoms with van der Waals surface area (Å²) < 4.78 is 0. The SMILES string of the molecule is CNC(=O)[C@@H](Cc1ccccc1)N(C)C(=O)[C@@H](Cc1ccc2ccccc2c1)N(C)C(=O)C1CCNC(C)C1. The van der Waals surface area contributed by atoms with Crippen molar-refractivity contribution in [2.75, 3.05) is 27.7 Å². The summed E-state index contributed by atoms with van der Waals surface area (Å²) in [6.45, 7) is 2.87. The predicted molar refractivity (Wildman–Crippen MR) is 155 cm³/mol. The van der Waals surface area contributed by atoms with Gasteiger partial charge >= 0.3 is 0 Å². The van der Waals surface area contributed by atoms with E-state index in [2.05, 4.69) is 41.8 Å². The lowest BCUT2D eigenvalue weighted by molar-refractivity contribution is -0.149. The van der Waals surface area contributed by atoms with Crippen LogP contribution < -0.4 is 10.6 Å². The number of carbonyl (C=O) groups excluding carboxylic acids is 3. The number of amides is 3. The smallest absolute Gasteiger partial charge is 0.246 e. The van der Waals surface area contributed by atoms with Crippen LogP contribution in [-0.2, 0) is 27.2 Å². The number of piperidine rings is 1. The van der Waals surface area contributed by atoms with Gasteiger partial charge in [-0.25, -0.2) is 0 Å². The highest BCUT2D eigenvalue weighted by Crippen LogP contribution is 2.23. The minimum absolute atomic E-state index is 0.0181.